The van der Waals surface area contributed by atoms with Crippen LogP contribution in [0.25, 0.3) is 103 Å². The van der Waals surface area contributed by atoms with Gasteiger partial charge in [0.25, 0.3) is 0 Å². The molecule has 0 saturated carbocycles. The zero-order chi connectivity index (χ0) is 56.1. The fourth-order valence-corrected chi connectivity index (χ4v) is 17.3. The summed E-state index contributed by atoms with van der Waals surface area (Å²) in [5.74, 6) is -0.258. The monoisotopic (exact) mass is 1070 g/mol. The Balaban J connectivity index is 1.04. The van der Waals surface area contributed by atoms with Crippen LogP contribution >= 0.6 is 0 Å². The normalized spacial score (nSPS) is 17.4. The zero-order valence-corrected chi connectivity index (χ0v) is 47.6. The number of benzene rings is 11. The highest BCUT2D eigenvalue weighted by molar-refractivity contribution is 6.32. The summed E-state index contributed by atoms with van der Waals surface area (Å²) in [4.78, 5) is 4.74. The molecular weight excluding hydrogens is 1020 g/mol. The molecule has 4 nitrogen and oxygen atoms in total. The number of aromatic nitrogens is 2. The third-order valence-corrected chi connectivity index (χ3v) is 20.6. The van der Waals surface area contributed by atoms with Gasteiger partial charge in [0.2, 0.25) is 5.69 Å². The fourth-order valence-electron chi connectivity index (χ4n) is 17.3. The molecule has 0 N–H and O–H groups in total. The Morgan fingerprint density at radius 2 is 0.714 bits per heavy atom. The molecule has 6 aliphatic rings. The van der Waals surface area contributed by atoms with Gasteiger partial charge in [-0.15, -0.1) is 0 Å². The van der Waals surface area contributed by atoms with Crippen LogP contribution in [-0.2, 0) is 10.8 Å². The van der Waals surface area contributed by atoms with Gasteiger partial charge >= 0.3 is 0 Å². The van der Waals surface area contributed by atoms with Crippen molar-refractivity contribution < 1.29 is 0 Å². The lowest BCUT2D eigenvalue weighted by Gasteiger charge is -2.43. The lowest BCUT2D eigenvalue weighted by atomic mass is 9.59. The Labute approximate surface area is 486 Å². The SMILES string of the molecule is [C-]#[N+]c1c2c(c3c4cc(C(C)(C)C)cc5c6cc7c(cc6n(c3c1-c1ccccc1)c54)c1cc(C(C)(C)C)cc3c4c5c(c(C#N)c(-c6ccccc6)c4n7c13)C1c3ccccc3C5c3ccccc31)C1c3ccccc3C2c2ccccc21. The minimum absolute atomic E-state index is 0.0439. The fraction of sp³-hybridized carbons (Fsp3) is 0.150. The quantitative estimate of drug-likeness (QED) is 0.159. The van der Waals surface area contributed by atoms with Crippen molar-refractivity contribution in [2.45, 2.75) is 76.0 Å². The van der Waals surface area contributed by atoms with Crippen LogP contribution in [0.4, 0.5) is 5.69 Å². The highest BCUT2D eigenvalue weighted by Gasteiger charge is 2.48. The van der Waals surface area contributed by atoms with Crippen LogP contribution in [0.1, 0.15) is 149 Å². The van der Waals surface area contributed by atoms with E-state index in [-0.39, 0.29) is 34.5 Å². The Morgan fingerprint density at radius 1 is 0.381 bits per heavy atom. The summed E-state index contributed by atoms with van der Waals surface area (Å²) in [6, 6.07) is 75.8. The van der Waals surface area contributed by atoms with E-state index >= 15 is 0 Å². The van der Waals surface area contributed by atoms with Gasteiger partial charge in [-0.25, -0.2) is 4.85 Å². The largest absolute Gasteiger partial charge is 0.309 e. The Hall–Kier alpha value is -10.0. The van der Waals surface area contributed by atoms with Crippen molar-refractivity contribution in [3.8, 4) is 28.3 Å². The summed E-state index contributed by atoms with van der Waals surface area (Å²) in [7, 11) is 0. The molecule has 6 aliphatic carbocycles. The minimum Gasteiger partial charge on any atom is -0.309 e. The third kappa shape index (κ3) is 5.45. The maximum Gasteiger partial charge on any atom is 0.201 e. The lowest BCUT2D eigenvalue weighted by molar-refractivity contribution is 0.591. The van der Waals surface area contributed by atoms with Crippen LogP contribution in [-0.4, -0.2) is 8.80 Å². The molecule has 4 aromatic heterocycles. The standard InChI is InChI=1S/C80H54N4/c1-79(2,3)43-34-55-53-39-61-54(38-60(53)83-75(55)57(36-43)69-71-65-47-28-16-14-26-45(47)64(46-27-15-17-29-48(46)65)68(71)59(40-81)62(77(69)83)41-22-10-8-11-23-41)56-35-44(80(4,5)6)37-58-70-72-66-49-30-18-20-32-51(49)67(52-33-21-19-31-50(52)66)73(72)74(82-7)63(42-24-12-9-13-25-42)78(70)84(61)76(56)58/h8-39,64-67H,1-6H3. The molecule has 0 unspecified atom stereocenters. The summed E-state index contributed by atoms with van der Waals surface area (Å²) in [5.41, 5.74) is 30.2. The van der Waals surface area contributed by atoms with Gasteiger partial charge in [-0.2, -0.15) is 5.26 Å². The molecule has 0 saturated heterocycles. The number of nitriles is 1. The zero-order valence-electron chi connectivity index (χ0n) is 47.6. The lowest BCUT2D eigenvalue weighted by Crippen LogP contribution is -2.29. The first-order chi connectivity index (χ1) is 40.9. The highest BCUT2D eigenvalue weighted by Crippen LogP contribution is 2.65. The number of fused-ring (bicyclic) bond motifs is 12. The van der Waals surface area contributed by atoms with Gasteiger partial charge in [-0.05, 0) is 136 Å². The van der Waals surface area contributed by atoms with E-state index in [1.54, 1.807) is 0 Å². The summed E-state index contributed by atoms with van der Waals surface area (Å²) >= 11 is 0. The van der Waals surface area contributed by atoms with E-state index in [0.29, 0.717) is 0 Å². The van der Waals surface area contributed by atoms with E-state index in [1.807, 2.05) is 0 Å². The van der Waals surface area contributed by atoms with E-state index in [1.165, 1.54) is 121 Å². The topological polar surface area (TPSA) is 37.0 Å². The molecular formula is C80H54N4. The predicted octanol–water partition coefficient (Wildman–Crippen LogP) is 20.3. The van der Waals surface area contributed by atoms with E-state index in [0.717, 1.165) is 66.7 Å². The molecule has 4 bridgehead atoms. The highest BCUT2D eigenvalue weighted by atomic mass is 14.9. The number of rotatable bonds is 2. The van der Waals surface area contributed by atoms with Gasteiger partial charge in [0.1, 0.15) is 6.07 Å². The second kappa shape index (κ2) is 15.6. The molecule has 394 valence electrons. The van der Waals surface area contributed by atoms with Crippen molar-refractivity contribution in [3.05, 3.63) is 289 Å². The van der Waals surface area contributed by atoms with Crippen molar-refractivity contribution in [1.29, 1.82) is 5.26 Å². The van der Waals surface area contributed by atoms with Crippen molar-refractivity contribution in [3.63, 3.8) is 0 Å². The van der Waals surface area contributed by atoms with Crippen LogP contribution < -0.4 is 0 Å². The number of hydrogen-bond donors (Lipinski definition) is 0. The van der Waals surface area contributed by atoms with Crippen molar-refractivity contribution in [2.24, 2.45) is 0 Å². The second-order valence-corrected chi connectivity index (χ2v) is 26.7. The summed E-state index contributed by atoms with van der Waals surface area (Å²) in [6.45, 7) is 23.5. The molecule has 4 heteroatoms. The molecule has 0 atom stereocenters. The van der Waals surface area contributed by atoms with Crippen LogP contribution in [0.3, 0.4) is 0 Å². The molecule has 11 aromatic carbocycles. The molecule has 84 heavy (non-hydrogen) atoms. The molecule has 15 aromatic rings. The molecule has 0 amide bonds. The molecule has 4 heterocycles. The van der Waals surface area contributed by atoms with Crippen molar-refractivity contribution in [1.82, 2.24) is 8.80 Å². The molecule has 0 aliphatic heterocycles. The van der Waals surface area contributed by atoms with Crippen LogP contribution in [0, 0.1) is 17.9 Å². The van der Waals surface area contributed by atoms with Crippen LogP contribution in [0.15, 0.2) is 194 Å². The molecule has 21 rings (SSSR count). The molecule has 0 radical (unpaired) electrons. The summed E-state index contributed by atoms with van der Waals surface area (Å²) in [6.07, 6.45) is 0. The van der Waals surface area contributed by atoms with Gasteiger partial charge in [-0.1, -0.05) is 199 Å². The van der Waals surface area contributed by atoms with E-state index in [4.69, 9.17) is 4.85 Å². The Morgan fingerprint density at radius 3 is 1.10 bits per heavy atom. The third-order valence-electron chi connectivity index (χ3n) is 20.6. The van der Waals surface area contributed by atoms with E-state index in [2.05, 4.69) is 251 Å². The predicted molar refractivity (Wildman–Crippen MR) is 345 cm³/mol. The number of nitrogens with zero attached hydrogens (tertiary/aromatic N) is 4. The van der Waals surface area contributed by atoms with Crippen LogP contribution in [0.2, 0.25) is 0 Å². The smallest absolute Gasteiger partial charge is 0.201 e. The Bertz CT molecular complexity index is 5160. The molecule has 0 fully saturated rings. The minimum atomic E-state index is -0.190. The van der Waals surface area contributed by atoms with Gasteiger partial charge < -0.3 is 8.80 Å². The average Bonchev–Trinajstić information content (AvgIpc) is 1.48. The van der Waals surface area contributed by atoms with Gasteiger partial charge in [0.15, 0.2) is 0 Å². The number of hydrogen-bond acceptors (Lipinski definition) is 1. The van der Waals surface area contributed by atoms with Crippen molar-refractivity contribution in [2.75, 3.05) is 0 Å². The summed E-state index contributed by atoms with van der Waals surface area (Å²) < 4.78 is 5.19. The van der Waals surface area contributed by atoms with Gasteiger partial charge in [0, 0.05) is 77.9 Å². The maximum atomic E-state index is 12.1. The van der Waals surface area contributed by atoms with Gasteiger partial charge in [-0.3, -0.25) is 0 Å². The maximum absolute atomic E-state index is 12.1. The first-order valence-corrected chi connectivity index (χ1v) is 29.8. The average molecular weight is 1070 g/mol. The second-order valence-electron chi connectivity index (χ2n) is 26.7. The first-order valence-electron chi connectivity index (χ1n) is 29.8. The van der Waals surface area contributed by atoms with E-state index < -0.39 is 0 Å². The Kier molecular flexibility index (Phi) is 8.63. The summed E-state index contributed by atoms with van der Waals surface area (Å²) in [5, 5.41) is 21.8. The van der Waals surface area contributed by atoms with Gasteiger partial charge in [0.05, 0.1) is 45.2 Å². The molecule has 0 spiro atoms. The van der Waals surface area contributed by atoms with Crippen LogP contribution in [0.5, 0.6) is 0 Å². The van der Waals surface area contributed by atoms with Crippen molar-refractivity contribution >= 4 is 81.9 Å². The first kappa shape index (κ1) is 46.6. The van der Waals surface area contributed by atoms with E-state index in [9.17, 15) is 11.8 Å².